The Morgan fingerprint density at radius 3 is 2.44 bits per heavy atom. The van der Waals surface area contributed by atoms with Gasteiger partial charge in [0, 0.05) is 50.3 Å². The van der Waals surface area contributed by atoms with Crippen LogP contribution < -0.4 is 26.6 Å². The Balaban J connectivity index is 0.000000696. The normalized spacial score (nSPS) is 12.9. The number of hydrogen-bond acceptors (Lipinski definition) is 11. The van der Waals surface area contributed by atoms with E-state index in [4.69, 9.17) is 0 Å². The van der Waals surface area contributed by atoms with Crippen LogP contribution in [0.25, 0.3) is 0 Å². The van der Waals surface area contributed by atoms with Crippen LogP contribution in [0.5, 0.6) is 0 Å². The van der Waals surface area contributed by atoms with E-state index in [0.717, 1.165) is 36.9 Å². The van der Waals surface area contributed by atoms with Gasteiger partial charge in [-0.2, -0.15) is 4.98 Å². The summed E-state index contributed by atoms with van der Waals surface area (Å²) < 4.78 is 4.18. The van der Waals surface area contributed by atoms with E-state index >= 15 is 0 Å². The summed E-state index contributed by atoms with van der Waals surface area (Å²) in [5.41, 5.74) is 6.92. The minimum Gasteiger partial charge on any atom is -0.450 e. The van der Waals surface area contributed by atoms with E-state index in [9.17, 15) is 9.59 Å². The number of nitrogens with one attached hydrogen (secondary N) is 3. The number of nitrogens with zero attached hydrogens (tertiary/aromatic N) is 5. The Kier molecular flexibility index (Phi) is 12.2. The molecule has 0 bridgehead atoms. The Labute approximate surface area is 244 Å². The van der Waals surface area contributed by atoms with Crippen LogP contribution >= 0.6 is 11.8 Å². The summed E-state index contributed by atoms with van der Waals surface area (Å²) in [5, 5.41) is 10.0. The number of thioether (sulfide) groups is 1. The maximum absolute atomic E-state index is 12.7. The molecule has 0 unspecified atom stereocenters. The van der Waals surface area contributed by atoms with Crippen LogP contribution in [0.4, 0.5) is 33.8 Å². The maximum atomic E-state index is 12.7. The van der Waals surface area contributed by atoms with Gasteiger partial charge in [-0.3, -0.25) is 4.79 Å². The highest BCUT2D eigenvalue weighted by molar-refractivity contribution is 7.98. The number of carbonyl (C=O) groups excluding carboxylic acids is 2. The monoisotopic (exact) mass is 579 g/mol. The molecule has 5 N–H and O–H groups in total. The molecule has 0 saturated carbocycles. The zero-order valence-corrected chi connectivity index (χ0v) is 24.4. The molecular formula is C28H37N9O3S. The van der Waals surface area contributed by atoms with Gasteiger partial charge in [-0.1, -0.05) is 12.1 Å². The molecule has 1 saturated heterocycles. The van der Waals surface area contributed by atoms with Gasteiger partial charge in [0.2, 0.25) is 5.95 Å². The molecule has 2 amide bonds. The number of piperazine rings is 1. The quantitative estimate of drug-likeness (QED) is 0.205. The summed E-state index contributed by atoms with van der Waals surface area (Å²) in [7, 11) is 2.15. The lowest BCUT2D eigenvalue weighted by Crippen LogP contribution is -2.44. The van der Waals surface area contributed by atoms with Crippen LogP contribution in [0, 0.1) is 0 Å². The molecule has 1 aliphatic rings. The van der Waals surface area contributed by atoms with E-state index in [-0.39, 0.29) is 5.91 Å². The molecule has 0 radical (unpaired) electrons. The van der Waals surface area contributed by atoms with Crippen molar-refractivity contribution < 1.29 is 14.3 Å². The zero-order valence-electron chi connectivity index (χ0n) is 23.6. The number of ether oxygens (including phenoxy) is 1. The highest BCUT2D eigenvalue weighted by Crippen LogP contribution is 2.24. The van der Waals surface area contributed by atoms with Crippen molar-refractivity contribution in [2.24, 2.45) is 5.73 Å². The van der Waals surface area contributed by atoms with Gasteiger partial charge in [0.1, 0.15) is 17.2 Å². The summed E-state index contributed by atoms with van der Waals surface area (Å²) in [6, 6.07) is 13.9. The number of likely N-dealkylation sites (N-methyl/N-ethyl adjacent to an activating group) is 1. The molecule has 41 heavy (non-hydrogen) atoms. The first-order chi connectivity index (χ1) is 19.8. The number of pyridine rings is 1. The van der Waals surface area contributed by atoms with Crippen LogP contribution in [-0.2, 0) is 4.74 Å². The van der Waals surface area contributed by atoms with Gasteiger partial charge in [0.15, 0.2) is 0 Å². The number of amides is 2. The van der Waals surface area contributed by atoms with E-state index in [0.29, 0.717) is 36.3 Å². The first-order valence-corrected chi connectivity index (χ1v) is 14.3. The predicted molar refractivity (Wildman–Crippen MR) is 165 cm³/mol. The smallest absolute Gasteiger partial charge is 0.404 e. The average Bonchev–Trinajstić information content (AvgIpc) is 2.97. The third-order valence-electron chi connectivity index (χ3n) is 5.90. The Bertz CT molecular complexity index is 1300. The second-order valence-electron chi connectivity index (χ2n) is 8.86. The van der Waals surface area contributed by atoms with Crippen LogP contribution in [0.15, 0.2) is 66.3 Å². The molecule has 3 heterocycles. The van der Waals surface area contributed by atoms with E-state index in [1.165, 1.54) is 23.6 Å². The fourth-order valence-corrected chi connectivity index (χ4v) is 4.18. The minimum absolute atomic E-state index is 0.295. The van der Waals surface area contributed by atoms with Crippen molar-refractivity contribution in [3.63, 3.8) is 0 Å². The second kappa shape index (κ2) is 16.0. The molecule has 1 aliphatic heterocycles. The zero-order chi connectivity index (χ0) is 29.6. The lowest BCUT2D eigenvalue weighted by molar-refractivity contribution is 0.0958. The largest absolute Gasteiger partial charge is 0.450 e. The van der Waals surface area contributed by atoms with Crippen molar-refractivity contribution in [2.45, 2.75) is 11.9 Å². The number of nitrogens with two attached hydrogens (primary N) is 1. The van der Waals surface area contributed by atoms with Gasteiger partial charge >= 0.3 is 6.09 Å². The molecule has 4 rings (SSSR count). The lowest BCUT2D eigenvalue weighted by atomic mass is 10.2. The van der Waals surface area contributed by atoms with Crippen molar-refractivity contribution in [3.8, 4) is 0 Å². The SMILES string of the molecule is C=CCNC(=O)c1cnc(Nc2ccc(N3CCN(C)CC3)cc2)nc1Nc1cccc(SC)n1.CCOC(N)=O. The van der Waals surface area contributed by atoms with Gasteiger partial charge in [0.05, 0.1) is 11.6 Å². The minimum atomic E-state index is -0.711. The molecule has 0 atom stereocenters. The summed E-state index contributed by atoms with van der Waals surface area (Å²) in [5.74, 6) is 1.04. The van der Waals surface area contributed by atoms with Crippen molar-refractivity contribution in [2.75, 3.05) is 68.2 Å². The number of rotatable bonds is 10. The van der Waals surface area contributed by atoms with Crippen molar-refractivity contribution in [3.05, 3.63) is 66.9 Å². The average molecular weight is 580 g/mol. The number of anilines is 5. The fraction of sp³-hybridized carbons (Fsp3) is 0.321. The lowest BCUT2D eigenvalue weighted by Gasteiger charge is -2.34. The van der Waals surface area contributed by atoms with Crippen LogP contribution in [0.2, 0.25) is 0 Å². The van der Waals surface area contributed by atoms with Crippen molar-refractivity contribution in [1.29, 1.82) is 0 Å². The molecule has 1 aromatic carbocycles. The summed E-state index contributed by atoms with van der Waals surface area (Å²) in [6.07, 6.45) is 4.38. The number of hydrogen-bond donors (Lipinski definition) is 4. The van der Waals surface area contributed by atoms with E-state index in [1.807, 2.05) is 36.6 Å². The standard InChI is InChI=1S/C25H30N8OS.C3H7NO2/c1-4-12-26-24(34)20-17-27-25(31-23(20)30-21-6-5-7-22(29-21)35-3)28-18-8-10-19(11-9-18)33-15-13-32(2)14-16-33;1-2-6-3(4)5/h4-11,17H,1,12-16H2,2-3H3,(H,26,34)(H2,27,28,29,30,31);2H2,1H3,(H2,4,5). The van der Waals surface area contributed by atoms with Gasteiger partial charge in [0.25, 0.3) is 5.91 Å². The van der Waals surface area contributed by atoms with Crippen LogP contribution in [0.1, 0.15) is 17.3 Å². The summed E-state index contributed by atoms with van der Waals surface area (Å²) in [4.78, 5) is 40.5. The van der Waals surface area contributed by atoms with E-state index < -0.39 is 6.09 Å². The number of carbonyl (C=O) groups is 2. The molecule has 218 valence electrons. The molecule has 12 nitrogen and oxygen atoms in total. The molecule has 2 aromatic heterocycles. The molecule has 0 aliphatic carbocycles. The van der Waals surface area contributed by atoms with Gasteiger partial charge in [-0.15, -0.1) is 18.3 Å². The van der Waals surface area contributed by atoms with Crippen LogP contribution in [-0.4, -0.2) is 84.5 Å². The van der Waals surface area contributed by atoms with Crippen molar-refractivity contribution in [1.82, 2.24) is 25.2 Å². The van der Waals surface area contributed by atoms with Crippen LogP contribution in [0.3, 0.4) is 0 Å². The maximum Gasteiger partial charge on any atom is 0.404 e. The third kappa shape index (κ3) is 9.96. The Hall–Kier alpha value is -4.36. The highest BCUT2D eigenvalue weighted by atomic mass is 32.2. The fourth-order valence-electron chi connectivity index (χ4n) is 3.77. The van der Waals surface area contributed by atoms with Gasteiger partial charge in [-0.05, 0) is 56.6 Å². The number of benzene rings is 1. The van der Waals surface area contributed by atoms with Gasteiger partial charge < -0.3 is 36.2 Å². The summed E-state index contributed by atoms with van der Waals surface area (Å²) >= 11 is 1.54. The Morgan fingerprint density at radius 1 is 1.10 bits per heavy atom. The summed E-state index contributed by atoms with van der Waals surface area (Å²) in [6.45, 7) is 10.2. The molecule has 3 aromatic rings. The predicted octanol–water partition coefficient (Wildman–Crippen LogP) is 3.85. The molecule has 0 spiro atoms. The van der Waals surface area contributed by atoms with Crippen molar-refractivity contribution >= 4 is 52.7 Å². The number of aromatic nitrogens is 3. The molecular weight excluding hydrogens is 542 g/mol. The first-order valence-electron chi connectivity index (χ1n) is 13.1. The first kappa shape index (κ1) is 31.2. The number of primary amides is 1. The second-order valence-corrected chi connectivity index (χ2v) is 9.69. The Morgan fingerprint density at radius 2 is 1.83 bits per heavy atom. The van der Waals surface area contributed by atoms with E-state index in [1.54, 1.807) is 13.0 Å². The molecule has 13 heteroatoms. The van der Waals surface area contributed by atoms with E-state index in [2.05, 4.69) is 76.9 Å². The topological polar surface area (TPSA) is 151 Å². The molecule has 1 fully saturated rings. The van der Waals surface area contributed by atoms with Gasteiger partial charge in [-0.25, -0.2) is 14.8 Å². The highest BCUT2D eigenvalue weighted by Gasteiger charge is 2.17. The third-order valence-corrected chi connectivity index (χ3v) is 6.54.